The molecule has 1 aromatic carbocycles. The van der Waals surface area contributed by atoms with Gasteiger partial charge in [-0.05, 0) is 44.0 Å². The number of carbonyl (C=O) groups excluding carboxylic acids is 1. The molecule has 0 spiro atoms. The minimum atomic E-state index is -0.157. The van der Waals surface area contributed by atoms with E-state index in [0.29, 0.717) is 0 Å². The van der Waals surface area contributed by atoms with E-state index in [1.165, 1.54) is 0 Å². The van der Waals surface area contributed by atoms with E-state index in [0.717, 1.165) is 22.6 Å². The van der Waals surface area contributed by atoms with E-state index < -0.39 is 0 Å². The number of carbonyl (C=O) groups is 1. The average molecular weight is 284 g/mol. The number of nitrogens with zero attached hydrogens (tertiary/aromatic N) is 1. The molecule has 2 aromatic rings. The van der Waals surface area contributed by atoms with E-state index in [4.69, 9.17) is 4.74 Å². The first-order chi connectivity index (χ1) is 10.1. The summed E-state index contributed by atoms with van der Waals surface area (Å²) in [4.78, 5) is 16.2. The number of rotatable bonds is 5. The Morgan fingerprint density at radius 1 is 1.19 bits per heavy atom. The third-order valence-corrected chi connectivity index (χ3v) is 3.27. The summed E-state index contributed by atoms with van der Waals surface area (Å²) in [5, 5.41) is 2.88. The van der Waals surface area contributed by atoms with Crippen LogP contribution in [0.15, 0.2) is 42.6 Å². The smallest absolute Gasteiger partial charge is 0.258 e. The highest BCUT2D eigenvalue weighted by molar-refractivity contribution is 5.78. The highest BCUT2D eigenvalue weighted by atomic mass is 16.5. The number of para-hydroxylation sites is 1. The lowest BCUT2D eigenvalue weighted by Gasteiger charge is -2.15. The number of hydrogen-bond donors (Lipinski definition) is 1. The first-order valence-corrected chi connectivity index (χ1v) is 6.97. The third kappa shape index (κ3) is 4.05. The van der Waals surface area contributed by atoms with Gasteiger partial charge in [0.05, 0.1) is 11.7 Å². The number of aromatic nitrogens is 1. The summed E-state index contributed by atoms with van der Waals surface area (Å²) in [6.45, 7) is 5.84. The fourth-order valence-corrected chi connectivity index (χ4v) is 2.15. The lowest BCUT2D eigenvalue weighted by atomic mass is 10.1. The zero-order valence-corrected chi connectivity index (χ0v) is 12.6. The van der Waals surface area contributed by atoms with Crippen LogP contribution in [-0.2, 0) is 4.79 Å². The second-order valence-electron chi connectivity index (χ2n) is 5.05. The Labute approximate surface area is 125 Å². The van der Waals surface area contributed by atoms with E-state index in [2.05, 4.69) is 10.3 Å². The average Bonchev–Trinajstić information content (AvgIpc) is 2.47. The molecule has 1 N–H and O–H groups in total. The number of hydrogen-bond acceptors (Lipinski definition) is 3. The van der Waals surface area contributed by atoms with Crippen molar-refractivity contribution in [3.8, 4) is 5.75 Å². The minimum absolute atomic E-state index is 0.00284. The Balaban J connectivity index is 1.91. The van der Waals surface area contributed by atoms with E-state index >= 15 is 0 Å². The standard InChI is InChI=1S/C17H20N2O2/c1-12-7-6-8-13(2)17(12)21-11-16(20)19-14(3)15-9-4-5-10-18-15/h4-10,14H,11H2,1-3H3,(H,19,20). The van der Waals surface area contributed by atoms with E-state index in [-0.39, 0.29) is 18.6 Å². The van der Waals surface area contributed by atoms with Crippen LogP contribution in [0.5, 0.6) is 5.75 Å². The number of nitrogens with one attached hydrogen (secondary N) is 1. The van der Waals surface area contributed by atoms with Crippen molar-refractivity contribution in [1.82, 2.24) is 10.3 Å². The van der Waals surface area contributed by atoms with Crippen molar-refractivity contribution >= 4 is 5.91 Å². The first kappa shape index (κ1) is 15.0. The van der Waals surface area contributed by atoms with Crippen LogP contribution in [0.1, 0.15) is 29.8 Å². The van der Waals surface area contributed by atoms with Gasteiger partial charge in [0.2, 0.25) is 0 Å². The van der Waals surface area contributed by atoms with Crippen LogP contribution >= 0.6 is 0 Å². The Morgan fingerprint density at radius 2 is 1.90 bits per heavy atom. The zero-order valence-electron chi connectivity index (χ0n) is 12.6. The van der Waals surface area contributed by atoms with Gasteiger partial charge in [-0.2, -0.15) is 0 Å². The van der Waals surface area contributed by atoms with Gasteiger partial charge in [-0.25, -0.2) is 0 Å². The van der Waals surface area contributed by atoms with Gasteiger partial charge in [0.15, 0.2) is 6.61 Å². The number of aryl methyl sites for hydroxylation is 2. The molecule has 0 aliphatic carbocycles. The van der Waals surface area contributed by atoms with Gasteiger partial charge < -0.3 is 10.1 Å². The number of pyridine rings is 1. The van der Waals surface area contributed by atoms with Gasteiger partial charge in [-0.3, -0.25) is 9.78 Å². The molecule has 21 heavy (non-hydrogen) atoms. The number of benzene rings is 1. The van der Waals surface area contributed by atoms with Crippen LogP contribution in [0.3, 0.4) is 0 Å². The molecule has 1 amide bonds. The minimum Gasteiger partial charge on any atom is -0.483 e. The second-order valence-corrected chi connectivity index (χ2v) is 5.05. The summed E-state index contributed by atoms with van der Waals surface area (Å²) < 4.78 is 5.63. The van der Waals surface area contributed by atoms with Crippen LogP contribution in [0, 0.1) is 13.8 Å². The summed E-state index contributed by atoms with van der Waals surface area (Å²) in [5.74, 6) is 0.619. The van der Waals surface area contributed by atoms with Crippen molar-refractivity contribution < 1.29 is 9.53 Å². The largest absolute Gasteiger partial charge is 0.483 e. The molecule has 110 valence electrons. The van der Waals surface area contributed by atoms with Crippen molar-refractivity contribution in [1.29, 1.82) is 0 Å². The maximum Gasteiger partial charge on any atom is 0.258 e. The topological polar surface area (TPSA) is 51.2 Å². The Morgan fingerprint density at radius 3 is 2.52 bits per heavy atom. The SMILES string of the molecule is Cc1cccc(C)c1OCC(=O)NC(C)c1ccccn1. The molecule has 1 atom stereocenters. The Kier molecular flexibility index (Phi) is 4.93. The summed E-state index contributed by atoms with van der Waals surface area (Å²) in [6, 6.07) is 11.4. The predicted molar refractivity (Wildman–Crippen MR) is 82.2 cm³/mol. The van der Waals surface area contributed by atoms with E-state index in [9.17, 15) is 4.79 Å². The Hall–Kier alpha value is -2.36. The molecule has 0 radical (unpaired) electrons. The zero-order chi connectivity index (χ0) is 15.2. The van der Waals surface area contributed by atoms with Crippen LogP contribution in [-0.4, -0.2) is 17.5 Å². The third-order valence-electron chi connectivity index (χ3n) is 3.27. The molecular formula is C17H20N2O2. The van der Waals surface area contributed by atoms with E-state index in [1.807, 2.05) is 57.2 Å². The van der Waals surface area contributed by atoms with Crippen molar-refractivity contribution in [3.63, 3.8) is 0 Å². The molecule has 4 heteroatoms. The molecule has 1 heterocycles. The van der Waals surface area contributed by atoms with Gasteiger partial charge in [0.25, 0.3) is 5.91 Å². The van der Waals surface area contributed by atoms with Crippen molar-refractivity contribution in [3.05, 3.63) is 59.4 Å². The highest BCUT2D eigenvalue weighted by Gasteiger charge is 2.12. The van der Waals surface area contributed by atoms with Gasteiger partial charge in [-0.1, -0.05) is 24.3 Å². The van der Waals surface area contributed by atoms with Gasteiger partial charge in [0.1, 0.15) is 5.75 Å². The summed E-state index contributed by atoms with van der Waals surface area (Å²) in [5.41, 5.74) is 2.89. The molecule has 2 rings (SSSR count). The molecule has 0 saturated heterocycles. The first-order valence-electron chi connectivity index (χ1n) is 6.97. The van der Waals surface area contributed by atoms with Gasteiger partial charge >= 0.3 is 0 Å². The monoisotopic (exact) mass is 284 g/mol. The molecule has 0 saturated carbocycles. The summed E-state index contributed by atoms with van der Waals surface area (Å²) in [7, 11) is 0. The van der Waals surface area contributed by atoms with Crippen LogP contribution < -0.4 is 10.1 Å². The van der Waals surface area contributed by atoms with Crippen molar-refractivity contribution in [2.75, 3.05) is 6.61 Å². The van der Waals surface area contributed by atoms with Gasteiger partial charge in [0, 0.05) is 6.20 Å². The van der Waals surface area contributed by atoms with Crippen molar-refractivity contribution in [2.45, 2.75) is 26.8 Å². The quantitative estimate of drug-likeness (QED) is 0.918. The molecular weight excluding hydrogens is 264 g/mol. The lowest BCUT2D eigenvalue weighted by Crippen LogP contribution is -2.31. The summed E-state index contributed by atoms with van der Waals surface area (Å²) >= 11 is 0. The maximum absolute atomic E-state index is 12.0. The second kappa shape index (κ2) is 6.88. The molecule has 0 aliphatic heterocycles. The molecule has 1 aromatic heterocycles. The van der Waals surface area contributed by atoms with Crippen LogP contribution in [0.4, 0.5) is 0 Å². The van der Waals surface area contributed by atoms with Crippen LogP contribution in [0.2, 0.25) is 0 Å². The Bertz CT molecular complexity index is 591. The fraction of sp³-hybridized carbons (Fsp3) is 0.294. The van der Waals surface area contributed by atoms with Crippen LogP contribution in [0.25, 0.3) is 0 Å². The predicted octanol–water partition coefficient (Wildman–Crippen LogP) is 2.95. The van der Waals surface area contributed by atoms with E-state index in [1.54, 1.807) is 6.20 Å². The van der Waals surface area contributed by atoms with Gasteiger partial charge in [-0.15, -0.1) is 0 Å². The highest BCUT2D eigenvalue weighted by Crippen LogP contribution is 2.22. The van der Waals surface area contributed by atoms with Crippen molar-refractivity contribution in [2.24, 2.45) is 0 Å². The molecule has 0 bridgehead atoms. The summed E-state index contributed by atoms with van der Waals surface area (Å²) in [6.07, 6.45) is 1.71. The number of amides is 1. The molecule has 0 fully saturated rings. The fourth-order valence-electron chi connectivity index (χ4n) is 2.15. The molecule has 0 aliphatic rings. The lowest BCUT2D eigenvalue weighted by molar-refractivity contribution is -0.123. The maximum atomic E-state index is 12.0. The number of ether oxygens (including phenoxy) is 1. The normalized spacial score (nSPS) is 11.8. The molecule has 1 unspecified atom stereocenters. The molecule has 4 nitrogen and oxygen atoms in total.